The van der Waals surface area contributed by atoms with Crippen LogP contribution >= 0.6 is 27.7 Å². The van der Waals surface area contributed by atoms with E-state index >= 15 is 0 Å². The van der Waals surface area contributed by atoms with Crippen molar-refractivity contribution in [2.75, 3.05) is 18.5 Å². The molecule has 2 aromatic rings. The molecule has 1 saturated heterocycles. The molecular weight excluding hydrogens is 500 g/mol. The molecule has 1 N–H and O–H groups in total. The first kappa shape index (κ1) is 23.6. The lowest BCUT2D eigenvalue weighted by atomic mass is 10.2. The number of hydrogen-bond acceptors (Lipinski definition) is 7. The summed E-state index contributed by atoms with van der Waals surface area (Å²) in [6.45, 7) is 3.02. The summed E-state index contributed by atoms with van der Waals surface area (Å²) in [5.74, 6) is -0.937. The molecule has 3 amide bonds. The molecule has 1 aliphatic heterocycles. The Kier molecular flexibility index (Phi) is 7.70. The Hall–Kier alpha value is -3.11. The Morgan fingerprint density at radius 3 is 2.50 bits per heavy atom. The molecule has 32 heavy (non-hydrogen) atoms. The summed E-state index contributed by atoms with van der Waals surface area (Å²) in [5.41, 5.74) is 1.13. The van der Waals surface area contributed by atoms with Crippen molar-refractivity contribution in [2.45, 2.75) is 13.8 Å². The van der Waals surface area contributed by atoms with Gasteiger partial charge in [-0.15, -0.1) is 0 Å². The molecular formula is C22H19BrN2O6S. The average molecular weight is 519 g/mol. The minimum atomic E-state index is -0.562. The fourth-order valence-electron chi connectivity index (χ4n) is 2.79. The molecule has 0 spiro atoms. The van der Waals surface area contributed by atoms with Crippen LogP contribution in [0.2, 0.25) is 0 Å². The Morgan fingerprint density at radius 2 is 1.84 bits per heavy atom. The van der Waals surface area contributed by atoms with E-state index < -0.39 is 29.6 Å². The third-order valence-electron chi connectivity index (χ3n) is 4.12. The standard InChI is InChI=1S/C22H19BrN2O6S/c1-3-30-18-10-14(4-9-17(18)31-13(2)26)11-19-21(28)25(22(29)32-19)12-20(27)24-16-7-5-15(23)6-8-16/h4-11H,3,12H2,1-2H3,(H,24,27)/b19-11+. The van der Waals surface area contributed by atoms with Crippen LogP contribution in [0.25, 0.3) is 6.08 Å². The van der Waals surface area contributed by atoms with Crippen molar-refractivity contribution in [1.82, 2.24) is 4.90 Å². The van der Waals surface area contributed by atoms with Crippen LogP contribution in [0.3, 0.4) is 0 Å². The van der Waals surface area contributed by atoms with E-state index in [-0.39, 0.29) is 10.7 Å². The summed E-state index contributed by atoms with van der Waals surface area (Å²) < 4.78 is 11.5. The molecule has 10 heteroatoms. The largest absolute Gasteiger partial charge is 0.490 e. The number of esters is 1. The molecule has 2 aromatic carbocycles. The lowest BCUT2D eigenvalue weighted by Gasteiger charge is -2.12. The van der Waals surface area contributed by atoms with Gasteiger partial charge in [0.25, 0.3) is 11.1 Å². The van der Waals surface area contributed by atoms with Crippen LogP contribution in [-0.4, -0.2) is 41.1 Å². The SMILES string of the molecule is CCOc1cc(/C=C2/SC(=O)N(CC(=O)Nc3ccc(Br)cc3)C2=O)ccc1OC(C)=O. The van der Waals surface area contributed by atoms with Crippen molar-refractivity contribution in [1.29, 1.82) is 0 Å². The quantitative estimate of drug-likeness (QED) is 0.328. The summed E-state index contributed by atoms with van der Waals surface area (Å²) >= 11 is 4.06. The minimum Gasteiger partial charge on any atom is -0.490 e. The van der Waals surface area contributed by atoms with Crippen molar-refractivity contribution in [3.8, 4) is 11.5 Å². The Labute approximate surface area is 197 Å². The highest BCUT2D eigenvalue weighted by Gasteiger charge is 2.36. The van der Waals surface area contributed by atoms with Crippen molar-refractivity contribution in [3.63, 3.8) is 0 Å². The first-order valence-electron chi connectivity index (χ1n) is 9.53. The van der Waals surface area contributed by atoms with Crippen molar-refractivity contribution in [3.05, 3.63) is 57.4 Å². The molecule has 1 fully saturated rings. The average Bonchev–Trinajstić information content (AvgIpc) is 2.99. The summed E-state index contributed by atoms with van der Waals surface area (Å²) in [4.78, 5) is 49.6. The number of hydrogen-bond donors (Lipinski definition) is 1. The van der Waals surface area contributed by atoms with Crippen molar-refractivity contribution < 1.29 is 28.7 Å². The van der Waals surface area contributed by atoms with Gasteiger partial charge in [-0.05, 0) is 66.7 Å². The molecule has 0 aromatic heterocycles. The first-order valence-corrected chi connectivity index (χ1v) is 11.1. The van der Waals surface area contributed by atoms with Crippen molar-refractivity contribution in [2.24, 2.45) is 0 Å². The second kappa shape index (κ2) is 10.5. The van der Waals surface area contributed by atoms with Gasteiger partial charge in [-0.3, -0.25) is 24.1 Å². The van der Waals surface area contributed by atoms with E-state index in [2.05, 4.69) is 21.2 Å². The van der Waals surface area contributed by atoms with Gasteiger partial charge in [0.2, 0.25) is 5.91 Å². The number of thioether (sulfide) groups is 1. The third kappa shape index (κ3) is 5.98. The van der Waals surface area contributed by atoms with Crippen LogP contribution < -0.4 is 14.8 Å². The number of ether oxygens (including phenoxy) is 2. The molecule has 1 aliphatic rings. The van der Waals surface area contributed by atoms with Gasteiger partial charge in [0.05, 0.1) is 11.5 Å². The molecule has 0 atom stereocenters. The molecule has 0 bridgehead atoms. The maximum absolute atomic E-state index is 12.7. The highest BCUT2D eigenvalue weighted by atomic mass is 79.9. The second-order valence-corrected chi connectivity index (χ2v) is 8.46. The lowest BCUT2D eigenvalue weighted by molar-refractivity contribution is -0.132. The Bertz CT molecular complexity index is 1100. The molecule has 0 radical (unpaired) electrons. The second-order valence-electron chi connectivity index (χ2n) is 6.56. The highest BCUT2D eigenvalue weighted by Crippen LogP contribution is 2.34. The maximum Gasteiger partial charge on any atom is 0.308 e. The number of nitrogens with one attached hydrogen (secondary N) is 1. The summed E-state index contributed by atoms with van der Waals surface area (Å²) in [6.07, 6.45) is 1.53. The van der Waals surface area contributed by atoms with Gasteiger partial charge in [-0.2, -0.15) is 0 Å². The monoisotopic (exact) mass is 518 g/mol. The molecule has 0 aliphatic carbocycles. The zero-order valence-electron chi connectivity index (χ0n) is 17.2. The van der Waals surface area contributed by atoms with E-state index in [4.69, 9.17) is 9.47 Å². The van der Waals surface area contributed by atoms with Gasteiger partial charge in [0, 0.05) is 17.1 Å². The van der Waals surface area contributed by atoms with E-state index in [1.807, 2.05) is 0 Å². The smallest absolute Gasteiger partial charge is 0.308 e. The van der Waals surface area contributed by atoms with Crippen LogP contribution in [0, 0.1) is 0 Å². The number of halogens is 1. The summed E-state index contributed by atoms with van der Waals surface area (Å²) in [7, 11) is 0. The zero-order chi connectivity index (χ0) is 23.3. The van der Waals surface area contributed by atoms with E-state index in [0.717, 1.165) is 21.1 Å². The van der Waals surface area contributed by atoms with E-state index in [1.165, 1.54) is 13.0 Å². The van der Waals surface area contributed by atoms with Gasteiger partial charge in [0.1, 0.15) is 6.54 Å². The van der Waals surface area contributed by atoms with Gasteiger partial charge < -0.3 is 14.8 Å². The number of imide groups is 1. The minimum absolute atomic E-state index is 0.175. The molecule has 8 nitrogen and oxygen atoms in total. The number of anilines is 1. The molecule has 0 saturated carbocycles. The van der Waals surface area contributed by atoms with E-state index in [0.29, 0.717) is 23.6 Å². The molecule has 166 valence electrons. The zero-order valence-corrected chi connectivity index (χ0v) is 19.6. The number of carbonyl (C=O) groups is 4. The van der Waals surface area contributed by atoms with Crippen LogP contribution in [0.4, 0.5) is 10.5 Å². The number of carbonyl (C=O) groups excluding carboxylic acids is 4. The normalized spacial score (nSPS) is 14.6. The van der Waals surface area contributed by atoms with Crippen molar-refractivity contribution >= 4 is 62.5 Å². The predicted molar refractivity (Wildman–Crippen MR) is 124 cm³/mol. The summed E-state index contributed by atoms with van der Waals surface area (Å²) in [6, 6.07) is 11.7. The third-order valence-corrected chi connectivity index (χ3v) is 5.56. The van der Waals surface area contributed by atoms with E-state index in [9.17, 15) is 19.2 Å². The van der Waals surface area contributed by atoms with Gasteiger partial charge in [0.15, 0.2) is 11.5 Å². The van der Waals surface area contributed by atoms with Gasteiger partial charge in [-0.1, -0.05) is 22.0 Å². The number of amides is 3. The van der Waals surface area contributed by atoms with Crippen LogP contribution in [0.15, 0.2) is 51.8 Å². The Balaban J connectivity index is 1.73. The lowest BCUT2D eigenvalue weighted by Crippen LogP contribution is -2.36. The van der Waals surface area contributed by atoms with Crippen LogP contribution in [0.5, 0.6) is 11.5 Å². The summed E-state index contributed by atoms with van der Waals surface area (Å²) in [5, 5.41) is 2.12. The van der Waals surface area contributed by atoms with E-state index in [1.54, 1.807) is 49.4 Å². The molecule has 0 unspecified atom stereocenters. The molecule has 1 heterocycles. The van der Waals surface area contributed by atoms with Gasteiger partial charge in [-0.25, -0.2) is 0 Å². The number of benzene rings is 2. The fourth-order valence-corrected chi connectivity index (χ4v) is 3.89. The van der Waals surface area contributed by atoms with Crippen LogP contribution in [-0.2, 0) is 14.4 Å². The molecule has 3 rings (SSSR count). The fraction of sp³-hybridized carbons (Fsp3) is 0.182. The first-order chi connectivity index (χ1) is 15.3. The van der Waals surface area contributed by atoms with Crippen LogP contribution in [0.1, 0.15) is 19.4 Å². The Morgan fingerprint density at radius 1 is 1.12 bits per heavy atom. The predicted octanol–water partition coefficient (Wildman–Crippen LogP) is 4.45. The maximum atomic E-state index is 12.7. The van der Waals surface area contributed by atoms with Gasteiger partial charge >= 0.3 is 5.97 Å². The number of rotatable bonds is 7. The number of nitrogens with zero attached hydrogens (tertiary/aromatic N) is 1. The highest BCUT2D eigenvalue weighted by molar-refractivity contribution is 9.10. The topological polar surface area (TPSA) is 102 Å².